The van der Waals surface area contributed by atoms with E-state index < -0.39 is 21.9 Å². The molecule has 1 aromatic heterocycles. The Morgan fingerprint density at radius 2 is 1.52 bits per heavy atom. The number of hydrogen-bond acceptors (Lipinski definition) is 4. The summed E-state index contributed by atoms with van der Waals surface area (Å²) >= 11 is 0. The summed E-state index contributed by atoms with van der Waals surface area (Å²) in [5, 5.41) is 8.66. The minimum Gasteiger partial charge on any atom is -0.333 e. The maximum atomic E-state index is 13.1. The number of benzene rings is 2. The Labute approximate surface area is 154 Å². The Bertz CT molecular complexity index is 999. The van der Waals surface area contributed by atoms with Crippen LogP contribution in [0.2, 0.25) is 0 Å². The van der Waals surface area contributed by atoms with Crippen LogP contribution < -0.4 is 10.9 Å². The number of nitrogens with zero attached hydrogens (tertiary/aromatic N) is 2. The van der Waals surface area contributed by atoms with E-state index in [-0.39, 0.29) is 16.3 Å². The van der Waals surface area contributed by atoms with E-state index in [0.29, 0.717) is 5.56 Å². The fourth-order valence-corrected chi connectivity index (χ4v) is 2.82. The lowest BCUT2D eigenvalue weighted by Gasteiger charge is -2.08. The van der Waals surface area contributed by atoms with Crippen molar-refractivity contribution >= 4 is 10.0 Å². The first-order valence-corrected chi connectivity index (χ1v) is 9.14. The summed E-state index contributed by atoms with van der Waals surface area (Å²) in [7, 11) is -2.39. The van der Waals surface area contributed by atoms with Gasteiger partial charge in [0.05, 0.1) is 16.3 Å². The first-order valence-electron chi connectivity index (χ1n) is 7.60. The highest BCUT2D eigenvalue weighted by molar-refractivity contribution is 7.89. The van der Waals surface area contributed by atoms with Gasteiger partial charge >= 0.3 is 6.18 Å². The molecule has 3 rings (SSSR count). The number of halogens is 3. The van der Waals surface area contributed by atoms with Gasteiger partial charge in [-0.1, -0.05) is 30.3 Å². The van der Waals surface area contributed by atoms with Gasteiger partial charge in [0.1, 0.15) is 0 Å². The van der Waals surface area contributed by atoms with E-state index in [1.54, 1.807) is 30.3 Å². The third-order valence-corrected chi connectivity index (χ3v) is 4.41. The summed E-state index contributed by atoms with van der Waals surface area (Å²) in [6, 6.07) is 14.5. The maximum Gasteiger partial charge on any atom is 0.435 e. The lowest BCUT2D eigenvalue weighted by Crippen LogP contribution is -2.12. The third-order valence-electron chi connectivity index (χ3n) is 3.48. The zero-order chi connectivity index (χ0) is 20.2. The summed E-state index contributed by atoms with van der Waals surface area (Å²) in [5.74, 6) is 0. The SMILES string of the molecule is CN.NS(=O)(=O)c1ccc(-n2nc(C(F)(F)F)cc2-c2ccccc2)cc1. The number of nitrogens with two attached hydrogens (primary N) is 2. The van der Waals surface area contributed by atoms with Crippen LogP contribution in [-0.2, 0) is 16.2 Å². The van der Waals surface area contributed by atoms with Gasteiger partial charge in [-0.15, -0.1) is 0 Å². The summed E-state index contributed by atoms with van der Waals surface area (Å²) in [6.45, 7) is 0. The number of alkyl halides is 3. The molecule has 0 amide bonds. The molecule has 144 valence electrons. The summed E-state index contributed by atoms with van der Waals surface area (Å²) in [5.41, 5.74) is 4.51. The predicted octanol–water partition coefficient (Wildman–Crippen LogP) is 2.78. The van der Waals surface area contributed by atoms with Crippen molar-refractivity contribution in [2.24, 2.45) is 10.9 Å². The molecule has 0 saturated heterocycles. The molecule has 4 N–H and O–H groups in total. The average Bonchev–Trinajstić information content (AvgIpc) is 3.09. The van der Waals surface area contributed by atoms with Crippen molar-refractivity contribution in [3.63, 3.8) is 0 Å². The molecule has 0 unspecified atom stereocenters. The van der Waals surface area contributed by atoms with Gasteiger partial charge in [-0.2, -0.15) is 18.3 Å². The van der Waals surface area contributed by atoms with Crippen molar-refractivity contribution in [1.82, 2.24) is 9.78 Å². The Hall–Kier alpha value is -2.69. The van der Waals surface area contributed by atoms with Gasteiger partial charge in [0, 0.05) is 5.56 Å². The van der Waals surface area contributed by atoms with Crippen LogP contribution in [0.5, 0.6) is 0 Å². The number of primary sulfonamides is 1. The van der Waals surface area contributed by atoms with E-state index in [2.05, 4.69) is 10.8 Å². The van der Waals surface area contributed by atoms with E-state index in [4.69, 9.17) is 5.14 Å². The quantitative estimate of drug-likeness (QED) is 0.708. The van der Waals surface area contributed by atoms with Gasteiger partial charge in [-0.05, 0) is 37.4 Å². The molecule has 0 aliphatic carbocycles. The lowest BCUT2D eigenvalue weighted by molar-refractivity contribution is -0.141. The molecule has 0 saturated carbocycles. The zero-order valence-electron chi connectivity index (χ0n) is 14.2. The topological polar surface area (TPSA) is 104 Å². The second kappa shape index (κ2) is 7.91. The van der Waals surface area contributed by atoms with Crippen molar-refractivity contribution in [2.45, 2.75) is 11.1 Å². The van der Waals surface area contributed by atoms with Gasteiger partial charge in [-0.25, -0.2) is 18.2 Å². The summed E-state index contributed by atoms with van der Waals surface area (Å²) in [4.78, 5) is -0.138. The molecular weight excluding hydrogens is 381 g/mol. The minimum atomic E-state index is -4.60. The highest BCUT2D eigenvalue weighted by Gasteiger charge is 2.35. The van der Waals surface area contributed by atoms with Crippen LogP contribution in [0.25, 0.3) is 16.9 Å². The molecule has 6 nitrogen and oxygen atoms in total. The molecule has 2 aromatic carbocycles. The fourth-order valence-electron chi connectivity index (χ4n) is 2.31. The lowest BCUT2D eigenvalue weighted by atomic mass is 10.1. The molecule has 0 fully saturated rings. The smallest absolute Gasteiger partial charge is 0.333 e. The molecular formula is C17H17F3N4O2S. The molecule has 0 bridgehead atoms. The van der Waals surface area contributed by atoms with Crippen LogP contribution >= 0.6 is 0 Å². The predicted molar refractivity (Wildman–Crippen MR) is 95.5 cm³/mol. The Kier molecular flexibility index (Phi) is 6.04. The Morgan fingerprint density at radius 1 is 0.963 bits per heavy atom. The molecule has 0 atom stereocenters. The van der Waals surface area contributed by atoms with Crippen LogP contribution in [0.3, 0.4) is 0 Å². The van der Waals surface area contributed by atoms with Crippen LogP contribution in [0.1, 0.15) is 5.69 Å². The molecule has 0 radical (unpaired) electrons. The number of rotatable bonds is 3. The molecule has 1 heterocycles. The normalized spacial score (nSPS) is 11.6. The number of aromatic nitrogens is 2. The summed E-state index contributed by atoms with van der Waals surface area (Å²) in [6.07, 6.45) is -4.60. The van der Waals surface area contributed by atoms with Gasteiger partial charge in [-0.3, -0.25) is 0 Å². The molecule has 0 spiro atoms. The van der Waals surface area contributed by atoms with Crippen LogP contribution in [-0.4, -0.2) is 25.2 Å². The average molecular weight is 398 g/mol. The highest BCUT2D eigenvalue weighted by Crippen LogP contribution is 2.33. The van der Waals surface area contributed by atoms with E-state index in [9.17, 15) is 21.6 Å². The van der Waals surface area contributed by atoms with E-state index in [1.165, 1.54) is 31.3 Å². The molecule has 27 heavy (non-hydrogen) atoms. The largest absolute Gasteiger partial charge is 0.435 e. The number of sulfonamides is 1. The van der Waals surface area contributed by atoms with Crippen LogP contribution in [0.15, 0.2) is 65.6 Å². The minimum absolute atomic E-state index is 0.138. The van der Waals surface area contributed by atoms with E-state index >= 15 is 0 Å². The van der Waals surface area contributed by atoms with Crippen LogP contribution in [0, 0.1) is 0 Å². The van der Waals surface area contributed by atoms with E-state index in [1.807, 2.05) is 0 Å². The van der Waals surface area contributed by atoms with E-state index in [0.717, 1.165) is 10.7 Å². The van der Waals surface area contributed by atoms with Gasteiger partial charge in [0.2, 0.25) is 10.0 Å². The van der Waals surface area contributed by atoms with Crippen molar-refractivity contribution in [3.8, 4) is 16.9 Å². The van der Waals surface area contributed by atoms with Gasteiger partial charge in [0.15, 0.2) is 5.69 Å². The van der Waals surface area contributed by atoms with Crippen molar-refractivity contribution in [3.05, 3.63) is 66.4 Å². The monoisotopic (exact) mass is 398 g/mol. The molecule has 0 aliphatic rings. The van der Waals surface area contributed by atoms with Crippen LogP contribution in [0.4, 0.5) is 13.2 Å². The van der Waals surface area contributed by atoms with Crippen molar-refractivity contribution in [2.75, 3.05) is 7.05 Å². The first-order chi connectivity index (χ1) is 12.7. The maximum absolute atomic E-state index is 13.1. The molecule has 10 heteroatoms. The first kappa shape index (κ1) is 20.6. The van der Waals surface area contributed by atoms with Crippen molar-refractivity contribution < 1.29 is 21.6 Å². The molecule has 3 aromatic rings. The Morgan fingerprint density at radius 3 is 2.00 bits per heavy atom. The third kappa shape index (κ3) is 4.73. The fraction of sp³-hybridized carbons (Fsp3) is 0.118. The van der Waals surface area contributed by atoms with Gasteiger partial charge < -0.3 is 5.73 Å². The van der Waals surface area contributed by atoms with Gasteiger partial charge in [0.25, 0.3) is 0 Å². The second-order valence-electron chi connectivity index (χ2n) is 5.23. The van der Waals surface area contributed by atoms with Crippen molar-refractivity contribution in [1.29, 1.82) is 0 Å². The molecule has 0 aliphatic heterocycles. The number of hydrogen-bond donors (Lipinski definition) is 2. The highest BCUT2D eigenvalue weighted by atomic mass is 32.2. The Balaban J connectivity index is 0.00000126. The summed E-state index contributed by atoms with van der Waals surface area (Å²) < 4.78 is 62.9. The standard InChI is InChI=1S/C16H12F3N3O2S.CH5N/c17-16(18,19)15-10-14(11-4-2-1-3-5-11)22(21-15)12-6-8-13(9-7-12)25(20,23)24;1-2/h1-10H,(H2,20,23,24);2H2,1H3. The second-order valence-corrected chi connectivity index (χ2v) is 6.79. The zero-order valence-corrected chi connectivity index (χ0v) is 15.0.